The summed E-state index contributed by atoms with van der Waals surface area (Å²) < 4.78 is 40.8. The van der Waals surface area contributed by atoms with Gasteiger partial charge in [-0.3, -0.25) is 4.79 Å². The van der Waals surface area contributed by atoms with Gasteiger partial charge in [-0.2, -0.15) is 13.2 Å². The van der Waals surface area contributed by atoms with Crippen molar-refractivity contribution in [1.29, 1.82) is 0 Å². The lowest BCUT2D eigenvalue weighted by molar-refractivity contribution is -0.136. The van der Waals surface area contributed by atoms with Crippen molar-refractivity contribution in [3.63, 3.8) is 0 Å². The Labute approximate surface area is 145 Å². The highest BCUT2D eigenvalue weighted by Gasteiger charge is 2.34. The van der Waals surface area contributed by atoms with Crippen LogP contribution in [0.25, 0.3) is 11.7 Å². The molecule has 0 fully saturated rings. The van der Waals surface area contributed by atoms with Crippen LogP contribution in [0.5, 0.6) is 0 Å². The second kappa shape index (κ2) is 6.60. The molecule has 0 radical (unpaired) electrons. The number of carbonyl (C=O) groups is 1. The number of amides is 1. The highest BCUT2D eigenvalue weighted by Crippen LogP contribution is 2.36. The Hall–Kier alpha value is -2.80. The van der Waals surface area contributed by atoms with Gasteiger partial charge in [-0.25, -0.2) is 4.98 Å². The van der Waals surface area contributed by atoms with Crippen molar-refractivity contribution in [3.8, 4) is 0 Å². The molecule has 1 amide bonds. The minimum Gasteiger partial charge on any atom is -0.322 e. The lowest BCUT2D eigenvalue weighted by Crippen LogP contribution is -2.14. The molecule has 3 rings (SSSR count). The van der Waals surface area contributed by atoms with Crippen molar-refractivity contribution in [2.75, 3.05) is 5.32 Å². The number of hydrogen-bond acceptors (Lipinski definition) is 2. The highest BCUT2D eigenvalue weighted by atomic mass is 35.5. The average Bonchev–Trinajstić information content (AvgIpc) is 2.97. The van der Waals surface area contributed by atoms with Gasteiger partial charge in [-0.05, 0) is 36.4 Å². The van der Waals surface area contributed by atoms with Crippen LogP contribution in [-0.2, 0) is 11.0 Å². The van der Waals surface area contributed by atoms with E-state index < -0.39 is 17.6 Å². The molecule has 0 aliphatic heterocycles. The molecular formula is C17H11ClF3N3O. The third-order valence-corrected chi connectivity index (χ3v) is 3.63. The van der Waals surface area contributed by atoms with E-state index in [1.54, 1.807) is 28.9 Å². The summed E-state index contributed by atoms with van der Waals surface area (Å²) in [5.74, 6) is -0.696. The number of alkyl halides is 3. The van der Waals surface area contributed by atoms with E-state index in [0.717, 1.165) is 18.2 Å². The Balaban J connectivity index is 1.81. The second-order valence-electron chi connectivity index (χ2n) is 5.12. The number of nitrogens with one attached hydrogen (secondary N) is 1. The lowest BCUT2D eigenvalue weighted by atomic mass is 10.1. The summed E-state index contributed by atoms with van der Waals surface area (Å²) in [6, 6.07) is 8.58. The first-order valence-electron chi connectivity index (χ1n) is 7.12. The predicted octanol–water partition coefficient (Wildman–Crippen LogP) is 4.66. The molecule has 0 spiro atoms. The van der Waals surface area contributed by atoms with Gasteiger partial charge in [0.15, 0.2) is 0 Å². The number of fused-ring (bicyclic) bond motifs is 1. The fraction of sp³-hybridized carbons (Fsp3) is 0.0588. The Morgan fingerprint density at radius 2 is 2.04 bits per heavy atom. The number of benzene rings is 1. The van der Waals surface area contributed by atoms with Gasteiger partial charge in [0.1, 0.15) is 5.65 Å². The summed E-state index contributed by atoms with van der Waals surface area (Å²) >= 11 is 5.61. The van der Waals surface area contributed by atoms with Crippen molar-refractivity contribution >= 4 is 34.9 Å². The third-order valence-electron chi connectivity index (χ3n) is 3.40. The number of imidazole rings is 1. The maximum absolute atomic E-state index is 13.0. The smallest absolute Gasteiger partial charge is 0.322 e. The van der Waals surface area contributed by atoms with E-state index in [2.05, 4.69) is 10.3 Å². The standard InChI is InChI=1S/C17H11ClF3N3O/c18-11-4-6-14(13(9-11)17(19,20)21)23-16(25)7-5-12-10-22-15-3-1-2-8-24(12)15/h1-10H,(H,23,25)/b7-5+. The monoisotopic (exact) mass is 365 g/mol. The number of hydrogen-bond donors (Lipinski definition) is 1. The maximum Gasteiger partial charge on any atom is 0.418 e. The van der Waals surface area contributed by atoms with Gasteiger partial charge in [0.2, 0.25) is 5.91 Å². The molecule has 2 heterocycles. The molecule has 0 atom stereocenters. The molecule has 25 heavy (non-hydrogen) atoms. The van der Waals surface area contributed by atoms with Crippen LogP contribution in [0.4, 0.5) is 18.9 Å². The lowest BCUT2D eigenvalue weighted by Gasteiger charge is -2.13. The molecule has 1 aromatic carbocycles. The number of anilines is 1. The molecule has 4 nitrogen and oxygen atoms in total. The number of carbonyl (C=O) groups excluding carboxylic acids is 1. The van der Waals surface area contributed by atoms with Crippen molar-refractivity contribution in [3.05, 3.63) is 71.1 Å². The van der Waals surface area contributed by atoms with Gasteiger partial charge in [-0.15, -0.1) is 0 Å². The topological polar surface area (TPSA) is 46.4 Å². The largest absolute Gasteiger partial charge is 0.418 e. The molecule has 0 saturated carbocycles. The zero-order chi connectivity index (χ0) is 18.0. The van der Waals surface area contributed by atoms with E-state index in [4.69, 9.17) is 11.6 Å². The number of pyridine rings is 1. The molecule has 0 bridgehead atoms. The summed E-state index contributed by atoms with van der Waals surface area (Å²) in [7, 11) is 0. The Bertz CT molecular complexity index is 963. The Morgan fingerprint density at radius 3 is 2.80 bits per heavy atom. The highest BCUT2D eigenvalue weighted by molar-refractivity contribution is 6.30. The molecule has 8 heteroatoms. The minimum atomic E-state index is -4.63. The van der Waals surface area contributed by atoms with Crippen molar-refractivity contribution in [2.45, 2.75) is 6.18 Å². The fourth-order valence-corrected chi connectivity index (χ4v) is 2.44. The molecular weight excluding hydrogens is 355 g/mol. The van der Waals surface area contributed by atoms with Gasteiger partial charge in [-0.1, -0.05) is 17.7 Å². The van der Waals surface area contributed by atoms with Crippen LogP contribution in [0.3, 0.4) is 0 Å². The van der Waals surface area contributed by atoms with Crippen molar-refractivity contribution in [2.24, 2.45) is 0 Å². The normalized spacial score (nSPS) is 12.0. The third kappa shape index (κ3) is 3.83. The molecule has 0 aliphatic rings. The first-order chi connectivity index (χ1) is 11.8. The van der Waals surface area contributed by atoms with Crippen molar-refractivity contribution in [1.82, 2.24) is 9.38 Å². The van der Waals surface area contributed by atoms with Crippen LogP contribution in [0.1, 0.15) is 11.3 Å². The average molecular weight is 366 g/mol. The van der Waals surface area contributed by atoms with Gasteiger partial charge in [0, 0.05) is 17.3 Å². The Kier molecular flexibility index (Phi) is 4.50. The minimum absolute atomic E-state index is 0.0633. The zero-order valence-corrected chi connectivity index (χ0v) is 13.3. The van der Waals surface area contributed by atoms with Gasteiger partial charge in [0.05, 0.1) is 23.1 Å². The Morgan fingerprint density at radius 1 is 1.24 bits per heavy atom. The summed E-state index contributed by atoms with van der Waals surface area (Å²) in [4.78, 5) is 16.1. The van der Waals surface area contributed by atoms with Crippen LogP contribution in [0.15, 0.2) is 54.9 Å². The van der Waals surface area contributed by atoms with Crippen LogP contribution in [0, 0.1) is 0 Å². The SMILES string of the molecule is O=C(/C=C/c1cnc2ccccn12)Nc1ccc(Cl)cc1C(F)(F)F. The molecule has 2 aromatic heterocycles. The second-order valence-corrected chi connectivity index (χ2v) is 5.56. The zero-order valence-electron chi connectivity index (χ0n) is 12.6. The molecule has 0 saturated heterocycles. The number of rotatable bonds is 3. The first-order valence-corrected chi connectivity index (χ1v) is 7.50. The van der Waals surface area contributed by atoms with Crippen LogP contribution >= 0.6 is 11.6 Å². The summed E-state index contributed by atoms with van der Waals surface area (Å²) in [6.45, 7) is 0. The van der Waals surface area contributed by atoms with Gasteiger partial charge in [0.25, 0.3) is 0 Å². The van der Waals surface area contributed by atoms with E-state index in [1.807, 2.05) is 6.07 Å². The predicted molar refractivity (Wildman–Crippen MR) is 89.3 cm³/mol. The number of halogens is 4. The van der Waals surface area contributed by atoms with E-state index >= 15 is 0 Å². The number of aromatic nitrogens is 2. The van der Waals surface area contributed by atoms with Crippen LogP contribution in [0.2, 0.25) is 5.02 Å². The quantitative estimate of drug-likeness (QED) is 0.686. The van der Waals surface area contributed by atoms with E-state index in [9.17, 15) is 18.0 Å². The van der Waals surface area contributed by atoms with Gasteiger partial charge >= 0.3 is 6.18 Å². The van der Waals surface area contributed by atoms with Crippen molar-refractivity contribution < 1.29 is 18.0 Å². The first kappa shape index (κ1) is 17.0. The number of nitrogens with zero attached hydrogens (tertiary/aromatic N) is 2. The van der Waals surface area contributed by atoms with E-state index in [-0.39, 0.29) is 10.7 Å². The molecule has 0 aliphatic carbocycles. The molecule has 3 aromatic rings. The van der Waals surface area contributed by atoms with Crippen LogP contribution < -0.4 is 5.32 Å². The molecule has 1 N–H and O–H groups in total. The summed E-state index contributed by atoms with van der Waals surface area (Å²) in [6.07, 6.45) is 1.31. The van der Waals surface area contributed by atoms with Gasteiger partial charge < -0.3 is 9.72 Å². The van der Waals surface area contributed by atoms with E-state index in [1.165, 1.54) is 12.1 Å². The summed E-state index contributed by atoms with van der Waals surface area (Å²) in [5.41, 5.74) is -0.0428. The molecule has 0 unspecified atom stereocenters. The fourth-order valence-electron chi connectivity index (χ4n) is 2.27. The maximum atomic E-state index is 13.0. The summed E-state index contributed by atoms with van der Waals surface area (Å²) in [5, 5.41) is 2.16. The molecule has 128 valence electrons. The van der Waals surface area contributed by atoms with Crippen LogP contribution in [-0.4, -0.2) is 15.3 Å². The van der Waals surface area contributed by atoms with E-state index in [0.29, 0.717) is 11.3 Å².